The number of aliphatic hydroxyl groups is 1. The van der Waals surface area contributed by atoms with Gasteiger partial charge < -0.3 is 68.4 Å². The molecular weight excluding hydrogens is 1680 g/mol. The SMILES string of the molecule is C.C.C.CC(=O)Oc1cc(C(F)(F)F)cc2c1OC(C)(C)C2.CC(=O)Oc1cc(I)cc2c1OC(C)(C)C2.CC(=O)Oc1cc(N)cc2c1OC(C)(C)C2.CC(=O)Oc1cc([N+](=O)[O-])cc2c1OC(C)(C)C2.CC1(C)Cc2cc(C(F)(F)F)cc(O)c2O1.F.F.OCCCCCl.Oc1c(Cl)cc(OCc2ccccc2)cc1Cl.[2HH].[2HH]. The number of hydrogen-bond acceptors (Lipinski definition) is 20. The molecule has 0 bridgehead atoms. The van der Waals surface area contributed by atoms with Crippen molar-refractivity contribution in [3.63, 3.8) is 0 Å². The maximum atomic E-state index is 12.8. The smallest absolute Gasteiger partial charge is 0.416 e. The molecule has 0 spiro atoms. The Morgan fingerprint density at radius 3 is 1.25 bits per heavy atom. The lowest BCUT2D eigenvalue weighted by molar-refractivity contribution is -0.385. The number of nitro benzene ring substituents is 1. The Hall–Kier alpha value is -8.98. The third kappa shape index (κ3) is 30.7. The summed E-state index contributed by atoms with van der Waals surface area (Å²) < 4.78 is 131. The number of halogens is 12. The van der Waals surface area contributed by atoms with Crippen LogP contribution in [0.15, 0.2) is 103 Å². The molecule has 0 saturated carbocycles. The number of hydrogen-bond donors (Lipinski definition) is 4. The van der Waals surface area contributed by atoms with Crippen molar-refractivity contribution in [1.82, 2.24) is 0 Å². The van der Waals surface area contributed by atoms with Crippen LogP contribution in [0.5, 0.6) is 69.0 Å². The van der Waals surface area contributed by atoms with Crippen LogP contribution >= 0.6 is 57.4 Å². The summed E-state index contributed by atoms with van der Waals surface area (Å²) in [7, 11) is 0. The van der Waals surface area contributed by atoms with Crippen LogP contribution in [-0.4, -0.2) is 84.6 Å². The van der Waals surface area contributed by atoms with Gasteiger partial charge >= 0.3 is 36.2 Å². The lowest BCUT2D eigenvalue weighted by atomic mass is 10.00. The van der Waals surface area contributed by atoms with Crippen LogP contribution in [0.3, 0.4) is 0 Å². The van der Waals surface area contributed by atoms with Crippen molar-refractivity contribution in [2.75, 3.05) is 18.2 Å². The summed E-state index contributed by atoms with van der Waals surface area (Å²) in [6, 6.07) is 26.4. The monoisotopic (exact) mass is 1780 g/mol. The van der Waals surface area contributed by atoms with E-state index >= 15 is 0 Å². The summed E-state index contributed by atoms with van der Waals surface area (Å²) in [6.07, 6.45) is -4.33. The molecule has 0 saturated heterocycles. The summed E-state index contributed by atoms with van der Waals surface area (Å²) in [4.78, 5) is 54.3. The van der Waals surface area contributed by atoms with Crippen molar-refractivity contribution in [2.45, 2.75) is 211 Å². The van der Waals surface area contributed by atoms with E-state index in [9.17, 15) is 65.8 Å². The number of anilines is 1. The zero-order valence-corrected chi connectivity index (χ0v) is 66.8. The second-order valence-corrected chi connectivity index (χ2v) is 30.7. The van der Waals surface area contributed by atoms with E-state index in [-0.39, 0.29) is 109 Å². The van der Waals surface area contributed by atoms with Gasteiger partial charge in [-0.05, 0) is 153 Å². The van der Waals surface area contributed by atoms with Crippen molar-refractivity contribution >= 4 is 92.6 Å². The number of nitro groups is 1. The minimum absolute atomic E-state index is 0. The Balaban J connectivity index is 0. The van der Waals surface area contributed by atoms with E-state index in [0.29, 0.717) is 94.7 Å². The predicted molar refractivity (Wildman–Crippen MR) is 430 cm³/mol. The molecule has 21 nitrogen and oxygen atoms in total. The zero-order valence-electron chi connectivity index (χ0n) is 62.4. The Morgan fingerprint density at radius 2 is 0.876 bits per heavy atom. The average Bonchev–Trinajstić information content (AvgIpc) is 1.71. The number of aromatic hydroxyl groups is 2. The highest BCUT2D eigenvalue weighted by Gasteiger charge is 2.41. The van der Waals surface area contributed by atoms with E-state index in [0.717, 1.165) is 71.1 Å². The number of fused-ring (bicyclic) bond motifs is 5. The quantitative estimate of drug-likeness (QED) is 0.0108. The fraction of sp³-hybridized carbons (Fsp3) is 0.425. The number of nitrogen functional groups attached to an aromatic ring is 1. The molecule has 0 atom stereocenters. The number of alkyl halides is 7. The Labute approximate surface area is 683 Å². The molecule has 7 aromatic carbocycles. The van der Waals surface area contributed by atoms with Crippen LogP contribution in [0.2, 0.25) is 10.0 Å². The molecule has 0 unspecified atom stereocenters. The number of nitrogens with two attached hydrogens (primary N) is 1. The number of benzene rings is 7. The van der Waals surface area contributed by atoms with Crippen LogP contribution < -0.4 is 53.1 Å². The van der Waals surface area contributed by atoms with Crippen molar-refractivity contribution in [2.24, 2.45) is 0 Å². The maximum absolute atomic E-state index is 12.8. The summed E-state index contributed by atoms with van der Waals surface area (Å²) in [6.45, 7) is 24.6. The molecule has 5 heterocycles. The number of unbranched alkanes of at least 4 members (excludes halogenated alkanes) is 1. The molecule has 33 heteroatoms. The van der Waals surface area contributed by atoms with Crippen LogP contribution in [0.4, 0.5) is 47.1 Å². The summed E-state index contributed by atoms with van der Waals surface area (Å²) >= 11 is 19.1. The number of rotatable bonds is 11. The largest absolute Gasteiger partial charge is 0.505 e. The highest BCUT2D eigenvalue weighted by Crippen LogP contribution is 2.50. The second-order valence-electron chi connectivity index (χ2n) is 28.2. The maximum Gasteiger partial charge on any atom is 0.416 e. The Kier molecular flexibility index (Phi) is 37.8. The molecule has 0 amide bonds. The molecule has 0 aliphatic carbocycles. The van der Waals surface area contributed by atoms with E-state index in [1.807, 2.05) is 84.0 Å². The van der Waals surface area contributed by atoms with Crippen molar-refractivity contribution in [3.05, 3.63) is 171 Å². The lowest BCUT2D eigenvalue weighted by Crippen LogP contribution is -2.24. The molecule has 0 radical (unpaired) electrons. The van der Waals surface area contributed by atoms with Gasteiger partial charge in [0.25, 0.3) is 5.69 Å². The van der Waals surface area contributed by atoms with Gasteiger partial charge in [-0.1, -0.05) is 75.8 Å². The highest BCUT2D eigenvalue weighted by molar-refractivity contribution is 14.1. The molecule has 630 valence electrons. The average molecular weight is 1780 g/mol. The number of phenols is 2. The fourth-order valence-electron chi connectivity index (χ4n) is 11.3. The van der Waals surface area contributed by atoms with Gasteiger partial charge in [0.05, 0.1) is 32.2 Å². The number of carbonyl (C=O) groups is 4. The summed E-state index contributed by atoms with van der Waals surface area (Å²) in [5.74, 6) is 1.72. The standard InChI is InChI=1S/C13H10Cl2O2.C13H13F3O3.C12H13IO3.C12H13NO5.C12H15NO3.C11H11F3O2.C4H9ClO.3CH4.2FH.2H2/c14-11-6-10(7-12(15)13(11)16)17-8-9-4-2-1-3-5-9;1-7(17)18-10-5-9(13(14,15)16)4-8-6-12(2,3)19-11(8)10;1-7(14)15-10-5-9(13)4-8-6-12(2,3)16-11(8)10;1-7(14)17-10-5-9(13(15)16)4-8-6-12(2,3)18-11(8)10;1-7(14)15-10-5-9(13)4-8-6-12(2,3)16-11(8)10;1-10(2)5-6-3-7(11(12,13)14)4-8(15)9(6)16-10;5-3-1-2-4-6;;;;;;;/h1-7,16H,8H2;4-5H,6H2,1-3H3;4-5H,6H2,1-3H3;4-5H,6H2,1-3H3;4-5H,6,13H2,1-3H3;3-4,15H,5H2,1-2H3;6H,1-4H2;3*1H4;4*1H/i;;;;;;;;;;;;2*1+1. The number of phenolic OH excluding ortho intramolecular Hbond substituents is 2. The molecule has 5 N–H and O–H groups in total. The van der Waals surface area contributed by atoms with Crippen LogP contribution in [-0.2, 0) is 70.2 Å². The Morgan fingerprint density at radius 1 is 0.531 bits per heavy atom. The molecule has 0 fully saturated rings. The molecule has 7 aromatic rings. The van der Waals surface area contributed by atoms with E-state index < -0.39 is 62.9 Å². The summed E-state index contributed by atoms with van der Waals surface area (Å²) in [5, 5.41) is 38.2. The van der Waals surface area contributed by atoms with Gasteiger partial charge in [-0.25, -0.2) is 0 Å². The van der Waals surface area contributed by atoms with Crippen LogP contribution in [0.1, 0.15) is 179 Å². The topological polar surface area (TPSA) is 290 Å². The van der Waals surface area contributed by atoms with Crippen LogP contribution in [0.25, 0.3) is 0 Å². The number of nitrogens with zero attached hydrogens (tertiary/aromatic N) is 1. The zero-order chi connectivity index (χ0) is 81.0. The first-order valence-corrected chi connectivity index (χ1v) is 35.7. The Bertz CT molecular complexity index is 4350. The van der Waals surface area contributed by atoms with Crippen molar-refractivity contribution in [3.8, 4) is 69.0 Å². The first-order valence-electron chi connectivity index (χ1n) is 33.3. The van der Waals surface area contributed by atoms with Crippen molar-refractivity contribution in [1.29, 1.82) is 0 Å². The van der Waals surface area contributed by atoms with Crippen LogP contribution in [0, 0.1) is 13.7 Å². The third-order valence-corrected chi connectivity index (χ3v) is 16.7. The molecule has 5 aliphatic rings. The van der Waals surface area contributed by atoms with Crippen molar-refractivity contribution < 1.29 is 125 Å². The number of esters is 4. The van der Waals surface area contributed by atoms with E-state index in [1.54, 1.807) is 33.8 Å². The molecule has 113 heavy (non-hydrogen) atoms. The van der Waals surface area contributed by atoms with Gasteiger partial charge in [0.15, 0.2) is 63.2 Å². The number of aliphatic hydroxyl groups excluding tert-OH is 1. The highest BCUT2D eigenvalue weighted by atomic mass is 127. The van der Waals surface area contributed by atoms with E-state index in [2.05, 4.69) is 28.7 Å². The van der Waals surface area contributed by atoms with Gasteiger partial charge in [0.1, 0.15) is 40.4 Å². The fourth-order valence-corrected chi connectivity index (χ4v) is 12.6. The van der Waals surface area contributed by atoms with Gasteiger partial charge in [-0.15, -0.1) is 11.6 Å². The van der Waals surface area contributed by atoms with E-state index in [1.165, 1.54) is 45.0 Å². The molecule has 0 aromatic heterocycles. The minimum Gasteiger partial charge on any atom is -0.505 e. The van der Waals surface area contributed by atoms with E-state index in [4.69, 9.17) is 93.0 Å². The van der Waals surface area contributed by atoms with Gasteiger partial charge in [0, 0.05) is 136 Å². The first kappa shape index (κ1) is 102. The second kappa shape index (κ2) is 41.9. The third-order valence-electron chi connectivity index (χ3n) is 15.3. The molecule has 5 aliphatic heterocycles. The molecular formula is C80H102Cl3F8IN2O19. The minimum atomic E-state index is -4.49. The van der Waals surface area contributed by atoms with Gasteiger partial charge in [-0.3, -0.25) is 38.7 Å². The number of carbonyl (C=O) groups excluding carboxylic acids is 4. The van der Waals surface area contributed by atoms with Gasteiger partial charge in [-0.2, -0.15) is 26.3 Å². The first-order chi connectivity index (χ1) is 49.9. The van der Waals surface area contributed by atoms with Gasteiger partial charge in [0.2, 0.25) is 0 Å². The number of ether oxygens (including phenoxy) is 10. The predicted octanol–water partition coefficient (Wildman–Crippen LogP) is 21.5. The molecule has 12 rings (SSSR count). The lowest BCUT2D eigenvalue weighted by Gasteiger charge is -2.18. The normalized spacial score (nSPS) is 14.6. The summed E-state index contributed by atoms with van der Waals surface area (Å²) in [5.41, 5.74) is 7.04. The number of non-ortho nitro benzene ring substituents is 1.